The number of likely N-dealkylation sites (N-methyl/N-ethyl adjacent to an activating group) is 1. The Balaban J connectivity index is 1.33. The Morgan fingerprint density at radius 3 is 2.18 bits per heavy atom. The lowest BCUT2D eigenvalue weighted by atomic mass is 10.0. The molecular weight excluding hydrogens is 480 g/mol. The number of hydrogen-bond acceptors (Lipinski definition) is 6. The van der Waals surface area contributed by atoms with Crippen molar-refractivity contribution in [3.63, 3.8) is 0 Å². The van der Waals surface area contributed by atoms with Crippen LogP contribution in [0, 0.1) is 18.8 Å². The Hall–Kier alpha value is -4.52. The van der Waals surface area contributed by atoms with Gasteiger partial charge in [-0.2, -0.15) is 0 Å². The zero-order valence-corrected chi connectivity index (χ0v) is 21.5. The molecule has 0 spiro atoms. The number of pyridine rings is 1. The Kier molecular flexibility index (Phi) is 8.48. The van der Waals surface area contributed by atoms with Crippen molar-refractivity contribution in [3.05, 3.63) is 99.9 Å². The molecule has 3 amide bonds. The van der Waals surface area contributed by atoms with Crippen molar-refractivity contribution < 1.29 is 14.4 Å². The van der Waals surface area contributed by atoms with E-state index in [1.807, 2.05) is 19.1 Å². The average molecular weight is 511 g/mol. The minimum atomic E-state index is -0.607. The number of benzene rings is 2. The highest BCUT2D eigenvalue weighted by Crippen LogP contribution is 2.12. The van der Waals surface area contributed by atoms with E-state index in [0.717, 1.165) is 43.9 Å². The Morgan fingerprint density at radius 2 is 1.55 bits per heavy atom. The predicted molar refractivity (Wildman–Crippen MR) is 144 cm³/mol. The average Bonchev–Trinajstić information content (AvgIpc) is 2.93. The molecule has 0 unspecified atom stereocenters. The maximum Gasteiger partial charge on any atom is 0.269 e. The summed E-state index contributed by atoms with van der Waals surface area (Å²) in [6.07, 6.45) is 1.47. The molecule has 0 saturated carbocycles. The summed E-state index contributed by atoms with van der Waals surface area (Å²) in [6, 6.07) is 15.7. The van der Waals surface area contributed by atoms with Gasteiger partial charge in [-0.1, -0.05) is 30.0 Å². The number of carbonyl (C=O) groups excluding carboxylic acids is 3. The molecule has 2 aromatic carbocycles. The first-order valence-corrected chi connectivity index (χ1v) is 12.3. The van der Waals surface area contributed by atoms with Crippen molar-refractivity contribution in [3.8, 4) is 11.8 Å². The van der Waals surface area contributed by atoms with Gasteiger partial charge in [-0.15, -0.1) is 0 Å². The maximum absolute atomic E-state index is 12.7. The summed E-state index contributed by atoms with van der Waals surface area (Å²) in [5.41, 5.74) is 14.4. The van der Waals surface area contributed by atoms with Gasteiger partial charge in [-0.25, -0.2) is 4.98 Å². The summed E-state index contributed by atoms with van der Waals surface area (Å²) < 4.78 is 0. The number of hydrogen-bond donors (Lipinski definition) is 3. The van der Waals surface area contributed by atoms with Gasteiger partial charge >= 0.3 is 0 Å². The van der Waals surface area contributed by atoms with Crippen molar-refractivity contribution >= 4 is 17.7 Å². The molecule has 9 heteroatoms. The maximum atomic E-state index is 12.7. The van der Waals surface area contributed by atoms with Crippen LogP contribution in [-0.4, -0.2) is 65.7 Å². The normalized spacial score (nSPS) is 13.7. The van der Waals surface area contributed by atoms with Gasteiger partial charge in [-0.3, -0.25) is 30.1 Å². The molecule has 3 aromatic rings. The lowest BCUT2D eigenvalue weighted by Gasteiger charge is -2.32. The molecule has 194 valence electrons. The monoisotopic (exact) mass is 510 g/mol. The third-order valence-corrected chi connectivity index (χ3v) is 6.36. The van der Waals surface area contributed by atoms with E-state index in [1.165, 1.54) is 12.3 Å². The summed E-state index contributed by atoms with van der Waals surface area (Å²) >= 11 is 0. The number of hydrazine groups is 1. The summed E-state index contributed by atoms with van der Waals surface area (Å²) in [7, 11) is 2.13. The van der Waals surface area contributed by atoms with Crippen molar-refractivity contribution in [1.29, 1.82) is 0 Å². The summed E-state index contributed by atoms with van der Waals surface area (Å²) in [4.78, 5) is 45.1. The van der Waals surface area contributed by atoms with E-state index in [0.29, 0.717) is 22.3 Å². The minimum absolute atomic E-state index is 0.161. The van der Waals surface area contributed by atoms with Crippen LogP contribution in [0.2, 0.25) is 0 Å². The number of piperazine rings is 1. The van der Waals surface area contributed by atoms with Gasteiger partial charge in [0.25, 0.3) is 17.7 Å². The molecule has 38 heavy (non-hydrogen) atoms. The number of amides is 3. The van der Waals surface area contributed by atoms with Crippen LogP contribution in [-0.2, 0) is 6.54 Å². The van der Waals surface area contributed by atoms with Crippen molar-refractivity contribution in [1.82, 2.24) is 25.6 Å². The van der Waals surface area contributed by atoms with Gasteiger partial charge in [0.15, 0.2) is 0 Å². The van der Waals surface area contributed by atoms with Gasteiger partial charge < -0.3 is 10.6 Å². The van der Waals surface area contributed by atoms with Crippen LogP contribution in [0.5, 0.6) is 0 Å². The smallest absolute Gasteiger partial charge is 0.269 e. The molecule has 2 heterocycles. The highest BCUT2D eigenvalue weighted by molar-refractivity contribution is 5.99. The number of carbonyl (C=O) groups is 3. The fourth-order valence-corrected chi connectivity index (χ4v) is 3.93. The predicted octanol–water partition coefficient (Wildman–Crippen LogP) is 1.71. The molecule has 4 rings (SSSR count). The number of primary amides is 1. The molecule has 1 aromatic heterocycles. The van der Waals surface area contributed by atoms with E-state index >= 15 is 0 Å². The van der Waals surface area contributed by atoms with Gasteiger partial charge in [0.2, 0.25) is 0 Å². The number of nitrogens with zero attached hydrogens (tertiary/aromatic N) is 3. The molecule has 9 nitrogen and oxygen atoms in total. The standard InChI is InChI=1S/C29H30N6O3/c1-20-3-8-25(17-24(20)11-4-21-7-12-26(27(30)36)31-18-21)29(38)33-32-28(37)23-9-5-22(6-10-23)19-35-15-13-34(2)14-16-35/h3,5-10,12,17-18H,13-16,19H2,1-2H3,(H2,30,36)(H,32,37)(H,33,38). The lowest BCUT2D eigenvalue weighted by Crippen LogP contribution is -2.43. The number of aromatic nitrogens is 1. The second-order valence-electron chi connectivity index (χ2n) is 9.26. The SMILES string of the molecule is Cc1ccc(C(=O)NNC(=O)c2ccc(CN3CCN(C)CC3)cc2)cc1C#Cc1ccc(C(N)=O)nc1. The first-order chi connectivity index (χ1) is 18.3. The highest BCUT2D eigenvalue weighted by atomic mass is 16.2. The molecule has 0 aliphatic carbocycles. The third kappa shape index (κ3) is 7.03. The Bertz CT molecular complexity index is 1380. The molecule has 0 atom stereocenters. The van der Waals surface area contributed by atoms with Crippen molar-refractivity contribution in [2.45, 2.75) is 13.5 Å². The summed E-state index contributed by atoms with van der Waals surface area (Å²) in [5.74, 6) is 4.52. The molecule has 0 bridgehead atoms. The Labute approximate surface area is 222 Å². The quantitative estimate of drug-likeness (QED) is 0.355. The highest BCUT2D eigenvalue weighted by Gasteiger charge is 2.15. The molecule has 1 aliphatic heterocycles. The molecular formula is C29H30N6O3. The van der Waals surface area contributed by atoms with Crippen LogP contribution >= 0.6 is 0 Å². The fraction of sp³-hybridized carbons (Fsp3) is 0.241. The second kappa shape index (κ2) is 12.1. The van der Waals surface area contributed by atoms with E-state index < -0.39 is 17.7 Å². The first kappa shape index (κ1) is 26.5. The van der Waals surface area contributed by atoms with Gasteiger partial charge in [0, 0.05) is 61.2 Å². The number of rotatable bonds is 5. The van der Waals surface area contributed by atoms with Gasteiger partial charge in [0.05, 0.1) is 0 Å². The molecule has 1 fully saturated rings. The van der Waals surface area contributed by atoms with E-state index in [2.05, 4.69) is 44.5 Å². The summed E-state index contributed by atoms with van der Waals surface area (Å²) in [6.45, 7) is 6.89. The van der Waals surface area contributed by atoms with Crippen LogP contribution < -0.4 is 16.6 Å². The molecule has 1 saturated heterocycles. The van der Waals surface area contributed by atoms with E-state index in [9.17, 15) is 14.4 Å². The lowest BCUT2D eigenvalue weighted by molar-refractivity contribution is 0.0846. The first-order valence-electron chi connectivity index (χ1n) is 12.3. The number of nitrogens with one attached hydrogen (secondary N) is 2. The van der Waals surface area contributed by atoms with Crippen molar-refractivity contribution in [2.24, 2.45) is 5.73 Å². The molecule has 4 N–H and O–H groups in total. The molecule has 0 radical (unpaired) electrons. The van der Waals surface area contributed by atoms with E-state index in [1.54, 1.807) is 36.4 Å². The number of aryl methyl sites for hydroxylation is 1. The topological polar surface area (TPSA) is 121 Å². The van der Waals surface area contributed by atoms with Crippen molar-refractivity contribution in [2.75, 3.05) is 33.2 Å². The van der Waals surface area contributed by atoms with Crippen LogP contribution in [0.25, 0.3) is 0 Å². The zero-order chi connectivity index (χ0) is 27.1. The van der Waals surface area contributed by atoms with Crippen LogP contribution in [0.3, 0.4) is 0 Å². The van der Waals surface area contributed by atoms with Crippen LogP contribution in [0.1, 0.15) is 53.5 Å². The minimum Gasteiger partial charge on any atom is -0.364 e. The van der Waals surface area contributed by atoms with E-state index in [4.69, 9.17) is 5.73 Å². The Morgan fingerprint density at radius 1 is 0.895 bits per heavy atom. The van der Waals surface area contributed by atoms with Crippen LogP contribution in [0.15, 0.2) is 60.8 Å². The van der Waals surface area contributed by atoms with Gasteiger partial charge in [0.1, 0.15) is 5.69 Å². The third-order valence-electron chi connectivity index (χ3n) is 6.36. The zero-order valence-electron chi connectivity index (χ0n) is 21.5. The van der Waals surface area contributed by atoms with E-state index in [-0.39, 0.29) is 5.69 Å². The molecule has 1 aliphatic rings. The summed E-state index contributed by atoms with van der Waals surface area (Å²) in [5, 5.41) is 0. The largest absolute Gasteiger partial charge is 0.364 e. The fourth-order valence-electron chi connectivity index (χ4n) is 3.93. The van der Waals surface area contributed by atoms with Gasteiger partial charge in [-0.05, 0) is 61.5 Å². The number of nitrogens with two attached hydrogens (primary N) is 1. The second-order valence-corrected chi connectivity index (χ2v) is 9.26. The van der Waals surface area contributed by atoms with Crippen LogP contribution in [0.4, 0.5) is 0 Å².